The molecule has 0 radical (unpaired) electrons. The van der Waals surface area contributed by atoms with Gasteiger partial charge in [-0.1, -0.05) is 28.1 Å². The lowest BCUT2D eigenvalue weighted by molar-refractivity contribution is 0.0728. The molecule has 0 aromatic heterocycles. The van der Waals surface area contributed by atoms with Crippen LogP contribution in [0.25, 0.3) is 0 Å². The van der Waals surface area contributed by atoms with Crippen molar-refractivity contribution in [2.75, 3.05) is 51.3 Å². The first kappa shape index (κ1) is 22.0. The molecule has 0 aliphatic carbocycles. The minimum Gasteiger partial charge on any atom is -0.315 e. The number of thiol groups is 2. The summed E-state index contributed by atoms with van der Waals surface area (Å²) in [7, 11) is 2.35. The van der Waals surface area contributed by atoms with Crippen LogP contribution >= 0.6 is 41.2 Å². The number of halogens is 1. The molecule has 2 heterocycles. The zero-order valence-electron chi connectivity index (χ0n) is 16.4. The number of benzene rings is 1. The van der Waals surface area contributed by atoms with E-state index in [1.54, 1.807) is 0 Å². The van der Waals surface area contributed by atoms with E-state index >= 15 is 0 Å². The van der Waals surface area contributed by atoms with Gasteiger partial charge in [-0.15, -0.1) is 0 Å². The lowest BCUT2D eigenvalue weighted by Crippen LogP contribution is -2.50. The molecule has 1 aromatic carbocycles. The van der Waals surface area contributed by atoms with Crippen LogP contribution in [0.1, 0.15) is 30.7 Å². The van der Waals surface area contributed by atoms with E-state index in [2.05, 4.69) is 87.6 Å². The van der Waals surface area contributed by atoms with Crippen molar-refractivity contribution in [2.24, 2.45) is 5.92 Å². The molecule has 0 spiro atoms. The Morgan fingerprint density at radius 1 is 1.11 bits per heavy atom. The molecular formula is C21H34BrN3S2. The first-order valence-electron chi connectivity index (χ1n) is 10.3. The van der Waals surface area contributed by atoms with Gasteiger partial charge in [-0.2, -0.15) is 25.3 Å². The Hall–Kier alpha value is 0.280. The summed E-state index contributed by atoms with van der Waals surface area (Å²) in [6, 6.07) is 10.6. The van der Waals surface area contributed by atoms with Crippen LogP contribution in [0.4, 0.5) is 0 Å². The fourth-order valence-corrected chi connectivity index (χ4v) is 5.80. The lowest BCUT2D eigenvalue weighted by Gasteiger charge is -2.45. The summed E-state index contributed by atoms with van der Waals surface area (Å²) in [5, 5.41) is 3.49. The minimum atomic E-state index is 0.666. The van der Waals surface area contributed by atoms with E-state index in [0.29, 0.717) is 17.9 Å². The Balaban J connectivity index is 1.73. The molecule has 2 aliphatic heterocycles. The van der Waals surface area contributed by atoms with Gasteiger partial charge in [0.15, 0.2) is 0 Å². The number of fused-ring (bicyclic) bond motifs is 2. The monoisotopic (exact) mass is 471 g/mol. The average molecular weight is 473 g/mol. The van der Waals surface area contributed by atoms with Gasteiger partial charge in [0.2, 0.25) is 0 Å². The van der Waals surface area contributed by atoms with E-state index < -0.39 is 0 Å². The van der Waals surface area contributed by atoms with Crippen molar-refractivity contribution in [1.29, 1.82) is 0 Å². The normalized spacial score (nSPS) is 28.2. The topological polar surface area (TPSA) is 18.5 Å². The van der Waals surface area contributed by atoms with Gasteiger partial charge < -0.3 is 15.1 Å². The van der Waals surface area contributed by atoms with Gasteiger partial charge in [0.25, 0.3) is 0 Å². The summed E-state index contributed by atoms with van der Waals surface area (Å²) in [4.78, 5) is 5.31. The first-order valence-corrected chi connectivity index (χ1v) is 12.3. The van der Waals surface area contributed by atoms with E-state index in [1.165, 1.54) is 35.8 Å². The van der Waals surface area contributed by atoms with E-state index in [9.17, 15) is 0 Å². The SMILES string of the molecule is CN1[C@H]2CC[C@@H]1[C@@H](CN(CCS)CCNCCS)[C@@H](c1ccc(Br)cc1)C2. The van der Waals surface area contributed by atoms with Crippen LogP contribution < -0.4 is 5.32 Å². The smallest absolute Gasteiger partial charge is 0.0175 e. The molecule has 3 rings (SSSR count). The minimum absolute atomic E-state index is 0.666. The number of hydrogen-bond donors (Lipinski definition) is 3. The van der Waals surface area contributed by atoms with Crippen LogP contribution in [0.15, 0.2) is 28.7 Å². The average Bonchev–Trinajstić information content (AvgIpc) is 2.91. The van der Waals surface area contributed by atoms with Gasteiger partial charge in [0.05, 0.1) is 0 Å². The number of hydrogen-bond acceptors (Lipinski definition) is 5. The largest absolute Gasteiger partial charge is 0.315 e. The van der Waals surface area contributed by atoms with E-state index in [-0.39, 0.29) is 0 Å². The first-order chi connectivity index (χ1) is 13.1. The third-order valence-electron chi connectivity index (χ3n) is 6.51. The van der Waals surface area contributed by atoms with Gasteiger partial charge in [-0.05, 0) is 55.8 Å². The van der Waals surface area contributed by atoms with E-state index in [0.717, 1.165) is 43.7 Å². The van der Waals surface area contributed by atoms with Crippen molar-refractivity contribution < 1.29 is 0 Å². The number of nitrogens with zero attached hydrogens (tertiary/aromatic N) is 2. The maximum Gasteiger partial charge on any atom is 0.0175 e. The fraction of sp³-hybridized carbons (Fsp3) is 0.714. The second kappa shape index (κ2) is 10.9. The fourth-order valence-electron chi connectivity index (χ4n) is 5.09. The summed E-state index contributed by atoms with van der Waals surface area (Å²) < 4.78 is 1.17. The van der Waals surface area contributed by atoms with Crippen LogP contribution in [0.2, 0.25) is 0 Å². The Kier molecular flexibility index (Phi) is 8.86. The molecule has 4 atom stereocenters. The predicted molar refractivity (Wildman–Crippen MR) is 127 cm³/mol. The Morgan fingerprint density at radius 3 is 2.59 bits per heavy atom. The molecule has 0 saturated carbocycles. The van der Waals surface area contributed by atoms with Crippen molar-refractivity contribution >= 4 is 41.2 Å². The Morgan fingerprint density at radius 2 is 1.89 bits per heavy atom. The van der Waals surface area contributed by atoms with E-state index in [4.69, 9.17) is 0 Å². The van der Waals surface area contributed by atoms with Crippen LogP contribution in [-0.2, 0) is 0 Å². The molecule has 152 valence electrons. The summed E-state index contributed by atoms with van der Waals surface area (Å²) >= 11 is 12.4. The Bertz CT molecular complexity index is 571. The Labute approximate surface area is 184 Å². The van der Waals surface area contributed by atoms with Gasteiger partial charge in [0, 0.05) is 60.8 Å². The maximum absolute atomic E-state index is 4.53. The van der Waals surface area contributed by atoms with E-state index in [1.807, 2.05) is 0 Å². The highest BCUT2D eigenvalue weighted by Gasteiger charge is 2.46. The maximum atomic E-state index is 4.53. The molecule has 6 heteroatoms. The van der Waals surface area contributed by atoms with Crippen molar-refractivity contribution in [3.63, 3.8) is 0 Å². The van der Waals surface area contributed by atoms with Crippen LogP contribution in [0.5, 0.6) is 0 Å². The number of nitrogens with one attached hydrogen (secondary N) is 1. The van der Waals surface area contributed by atoms with Gasteiger partial charge >= 0.3 is 0 Å². The third-order valence-corrected chi connectivity index (χ3v) is 7.46. The van der Waals surface area contributed by atoms with Crippen molar-refractivity contribution in [1.82, 2.24) is 15.1 Å². The summed E-state index contributed by atoms with van der Waals surface area (Å²) in [6.45, 7) is 5.35. The second-order valence-electron chi connectivity index (χ2n) is 8.02. The van der Waals surface area contributed by atoms with Crippen molar-refractivity contribution in [3.8, 4) is 0 Å². The predicted octanol–water partition coefficient (Wildman–Crippen LogP) is 3.77. The van der Waals surface area contributed by atoms with Gasteiger partial charge in [-0.25, -0.2) is 0 Å². The van der Waals surface area contributed by atoms with Crippen molar-refractivity contribution in [2.45, 2.75) is 37.3 Å². The van der Waals surface area contributed by atoms with Gasteiger partial charge in [0.1, 0.15) is 0 Å². The summed E-state index contributed by atoms with van der Waals surface area (Å²) in [5.74, 6) is 3.18. The third kappa shape index (κ3) is 5.67. The van der Waals surface area contributed by atoms with Crippen LogP contribution in [0.3, 0.4) is 0 Å². The molecule has 27 heavy (non-hydrogen) atoms. The number of rotatable bonds is 10. The summed E-state index contributed by atoms with van der Waals surface area (Å²) in [5.41, 5.74) is 1.52. The molecule has 2 bridgehead atoms. The highest BCUT2D eigenvalue weighted by molar-refractivity contribution is 9.10. The molecule has 1 aromatic rings. The van der Waals surface area contributed by atoms with Gasteiger partial charge in [-0.3, -0.25) is 0 Å². The molecule has 1 N–H and O–H groups in total. The zero-order chi connectivity index (χ0) is 19.2. The molecule has 2 aliphatic rings. The standard InChI is InChI=1S/C21H34BrN3S2/c1-24-18-6-7-21(24)20(15-25(11-13-27)10-8-23-9-12-26)19(14-18)16-2-4-17(22)5-3-16/h2-5,18-21,23,26-27H,6-15H2,1H3/t18-,19+,20-,21+/m0/s1. The quantitative estimate of drug-likeness (QED) is 0.356. The number of piperidine rings is 1. The summed E-state index contributed by atoms with van der Waals surface area (Å²) in [6.07, 6.45) is 4.01. The second-order valence-corrected chi connectivity index (χ2v) is 9.83. The molecule has 0 amide bonds. The highest BCUT2D eigenvalue weighted by atomic mass is 79.9. The molecule has 2 saturated heterocycles. The molecular weight excluding hydrogens is 438 g/mol. The molecule has 2 fully saturated rings. The molecule has 0 unspecified atom stereocenters. The van der Waals surface area contributed by atoms with Crippen LogP contribution in [0, 0.1) is 5.92 Å². The lowest BCUT2D eigenvalue weighted by atomic mass is 9.76. The van der Waals surface area contributed by atoms with Crippen LogP contribution in [-0.4, -0.2) is 73.2 Å². The zero-order valence-corrected chi connectivity index (χ0v) is 19.7. The van der Waals surface area contributed by atoms with Crippen molar-refractivity contribution in [3.05, 3.63) is 34.3 Å². The highest BCUT2D eigenvalue weighted by Crippen LogP contribution is 2.46. The molecule has 3 nitrogen and oxygen atoms in total.